The Morgan fingerprint density at radius 2 is 2.26 bits per heavy atom. The summed E-state index contributed by atoms with van der Waals surface area (Å²) in [6.07, 6.45) is 0.795. The van der Waals surface area contributed by atoms with Crippen LogP contribution in [0.2, 0.25) is 0 Å². The van der Waals surface area contributed by atoms with Crippen LogP contribution in [-0.2, 0) is 6.42 Å². The van der Waals surface area contributed by atoms with Crippen LogP contribution < -0.4 is 4.74 Å². The summed E-state index contributed by atoms with van der Waals surface area (Å²) in [5.74, 6) is 0.136. The fourth-order valence-electron chi connectivity index (χ4n) is 1.68. The fraction of sp³-hybridized carbons (Fsp3) is 0.214. The second kappa shape index (κ2) is 6.33. The maximum absolute atomic E-state index is 13.2. The molecule has 19 heavy (non-hydrogen) atoms. The summed E-state index contributed by atoms with van der Waals surface area (Å²) < 4.78 is 18.8. The third-order valence-corrected chi connectivity index (χ3v) is 3.60. The fourth-order valence-corrected chi connectivity index (χ4v) is 2.37. The maximum atomic E-state index is 13.2. The van der Waals surface area contributed by atoms with Crippen molar-refractivity contribution >= 4 is 17.0 Å². The summed E-state index contributed by atoms with van der Waals surface area (Å²) in [5, 5.41) is 13.9. The highest BCUT2D eigenvalue weighted by molar-refractivity contribution is 7.09. The van der Waals surface area contributed by atoms with Gasteiger partial charge < -0.3 is 9.94 Å². The molecule has 0 aliphatic carbocycles. The smallest absolute Gasteiger partial charge is 0.128 e. The lowest BCUT2D eigenvalue weighted by Crippen LogP contribution is -2.05. The van der Waals surface area contributed by atoms with Gasteiger partial charge in [0.05, 0.1) is 12.3 Å². The minimum absolute atomic E-state index is 0.325. The lowest BCUT2D eigenvalue weighted by molar-refractivity contribution is 0.314. The van der Waals surface area contributed by atoms with E-state index in [1.54, 1.807) is 24.3 Å². The zero-order valence-electron chi connectivity index (χ0n) is 10.5. The van der Waals surface area contributed by atoms with Gasteiger partial charge >= 0.3 is 0 Å². The minimum atomic E-state index is -0.386. The molecule has 3 nitrogen and oxygen atoms in total. The third-order valence-electron chi connectivity index (χ3n) is 2.67. The summed E-state index contributed by atoms with van der Waals surface area (Å²) in [7, 11) is 0. The molecule has 1 aromatic carbocycles. The largest absolute Gasteiger partial charge is 0.493 e. The number of hydrogen-bond donors (Lipinski definition) is 1. The molecule has 0 bridgehead atoms. The summed E-state index contributed by atoms with van der Waals surface area (Å²) in [4.78, 5) is 1.23. The van der Waals surface area contributed by atoms with Crippen LogP contribution in [0, 0.1) is 5.82 Å². The van der Waals surface area contributed by atoms with E-state index in [0.29, 0.717) is 23.6 Å². The van der Waals surface area contributed by atoms with Gasteiger partial charge in [-0.05, 0) is 36.6 Å². The van der Waals surface area contributed by atoms with E-state index >= 15 is 0 Å². The Labute approximate surface area is 115 Å². The number of benzene rings is 1. The van der Waals surface area contributed by atoms with E-state index in [9.17, 15) is 4.39 Å². The molecule has 0 amide bonds. The van der Waals surface area contributed by atoms with Gasteiger partial charge in [-0.15, -0.1) is 11.3 Å². The Morgan fingerprint density at radius 1 is 1.42 bits per heavy atom. The van der Waals surface area contributed by atoms with Gasteiger partial charge in [-0.1, -0.05) is 11.2 Å². The lowest BCUT2D eigenvalue weighted by atomic mass is 10.1. The molecule has 0 saturated heterocycles. The molecule has 0 aliphatic heterocycles. The molecule has 100 valence electrons. The van der Waals surface area contributed by atoms with Crippen LogP contribution in [0.25, 0.3) is 0 Å². The van der Waals surface area contributed by atoms with E-state index in [1.165, 1.54) is 17.0 Å². The maximum Gasteiger partial charge on any atom is 0.128 e. The van der Waals surface area contributed by atoms with Crippen molar-refractivity contribution in [3.63, 3.8) is 0 Å². The Morgan fingerprint density at radius 3 is 2.95 bits per heavy atom. The molecule has 0 radical (unpaired) electrons. The first-order chi connectivity index (χ1) is 9.20. The normalized spacial score (nSPS) is 11.6. The van der Waals surface area contributed by atoms with Crippen LogP contribution >= 0.6 is 11.3 Å². The van der Waals surface area contributed by atoms with Crippen molar-refractivity contribution in [2.45, 2.75) is 13.3 Å². The first-order valence-electron chi connectivity index (χ1n) is 5.84. The molecule has 1 aromatic heterocycles. The van der Waals surface area contributed by atoms with Crippen LogP contribution in [0.3, 0.4) is 0 Å². The topological polar surface area (TPSA) is 41.8 Å². The van der Waals surface area contributed by atoms with Gasteiger partial charge in [-0.25, -0.2) is 4.39 Å². The monoisotopic (exact) mass is 279 g/mol. The highest BCUT2D eigenvalue weighted by atomic mass is 32.1. The molecule has 0 saturated carbocycles. The average molecular weight is 279 g/mol. The van der Waals surface area contributed by atoms with Crippen molar-refractivity contribution in [3.8, 4) is 5.75 Å². The number of oxime groups is 1. The molecule has 5 heteroatoms. The van der Waals surface area contributed by atoms with Crippen molar-refractivity contribution in [1.29, 1.82) is 0 Å². The first kappa shape index (κ1) is 13.5. The number of thiophene rings is 1. The van der Waals surface area contributed by atoms with Gasteiger partial charge in [0.2, 0.25) is 0 Å². The Hall–Kier alpha value is -1.88. The van der Waals surface area contributed by atoms with E-state index in [4.69, 9.17) is 9.94 Å². The summed E-state index contributed by atoms with van der Waals surface area (Å²) in [6.45, 7) is 2.10. The van der Waals surface area contributed by atoms with Crippen LogP contribution in [0.4, 0.5) is 4.39 Å². The zero-order valence-corrected chi connectivity index (χ0v) is 11.3. The molecule has 1 heterocycles. The van der Waals surface area contributed by atoms with Gasteiger partial charge in [-0.3, -0.25) is 0 Å². The predicted octanol–water partition coefficient (Wildman–Crippen LogP) is 3.71. The van der Waals surface area contributed by atoms with E-state index < -0.39 is 0 Å². The zero-order chi connectivity index (χ0) is 13.7. The average Bonchev–Trinajstić information content (AvgIpc) is 2.92. The van der Waals surface area contributed by atoms with Gasteiger partial charge in [0.1, 0.15) is 11.6 Å². The van der Waals surface area contributed by atoms with Crippen LogP contribution in [-0.4, -0.2) is 17.5 Å². The second-order valence-corrected chi connectivity index (χ2v) is 5.04. The molecular formula is C14H14FNO2S. The summed E-state index contributed by atoms with van der Waals surface area (Å²) >= 11 is 1.67. The van der Waals surface area contributed by atoms with Gasteiger partial charge in [0.25, 0.3) is 0 Å². The Kier molecular flexibility index (Phi) is 4.52. The highest BCUT2D eigenvalue weighted by Crippen LogP contribution is 2.21. The van der Waals surface area contributed by atoms with Crippen molar-refractivity contribution in [1.82, 2.24) is 0 Å². The van der Waals surface area contributed by atoms with Gasteiger partial charge in [0.15, 0.2) is 0 Å². The number of hydrogen-bond acceptors (Lipinski definition) is 4. The van der Waals surface area contributed by atoms with Crippen LogP contribution in [0.1, 0.15) is 17.4 Å². The Bertz CT molecular complexity index is 567. The van der Waals surface area contributed by atoms with E-state index in [0.717, 1.165) is 6.42 Å². The second-order valence-electron chi connectivity index (χ2n) is 4.00. The molecule has 0 unspecified atom stereocenters. The van der Waals surface area contributed by atoms with E-state index in [-0.39, 0.29) is 5.82 Å². The third kappa shape index (κ3) is 3.54. The molecule has 2 rings (SSSR count). The van der Waals surface area contributed by atoms with Crippen molar-refractivity contribution in [2.75, 3.05) is 6.61 Å². The molecular weight excluding hydrogens is 265 g/mol. The molecule has 0 aliphatic rings. The van der Waals surface area contributed by atoms with Gasteiger partial charge in [0, 0.05) is 16.9 Å². The summed E-state index contributed by atoms with van der Waals surface area (Å²) in [6, 6.07) is 8.21. The molecule has 2 aromatic rings. The van der Waals surface area contributed by atoms with Gasteiger partial charge in [-0.2, -0.15) is 0 Å². The van der Waals surface area contributed by atoms with Crippen molar-refractivity contribution in [2.24, 2.45) is 5.16 Å². The van der Waals surface area contributed by atoms with Crippen molar-refractivity contribution in [3.05, 3.63) is 52.0 Å². The lowest BCUT2D eigenvalue weighted by Gasteiger charge is -2.10. The van der Waals surface area contributed by atoms with E-state index in [1.807, 2.05) is 17.5 Å². The SMILES string of the molecule is CC(=NO)c1cc(F)ccc1OCCc1cccs1. The highest BCUT2D eigenvalue weighted by Gasteiger charge is 2.09. The Balaban J connectivity index is 2.07. The van der Waals surface area contributed by atoms with Crippen LogP contribution in [0.15, 0.2) is 40.9 Å². The predicted molar refractivity (Wildman–Crippen MR) is 73.9 cm³/mol. The minimum Gasteiger partial charge on any atom is -0.493 e. The first-order valence-corrected chi connectivity index (χ1v) is 6.72. The number of halogens is 1. The molecule has 0 atom stereocenters. The number of nitrogens with zero attached hydrogens (tertiary/aromatic N) is 1. The molecule has 1 N–H and O–H groups in total. The summed E-state index contributed by atoms with van der Waals surface area (Å²) in [5.41, 5.74) is 0.791. The number of ether oxygens (including phenoxy) is 1. The standard InChI is InChI=1S/C14H14FNO2S/c1-10(16-17)13-9-11(15)4-5-14(13)18-7-6-12-3-2-8-19-12/h2-5,8-9,17H,6-7H2,1H3. The molecule has 0 fully saturated rings. The van der Waals surface area contributed by atoms with Crippen molar-refractivity contribution < 1.29 is 14.3 Å². The quantitative estimate of drug-likeness (QED) is 0.515. The van der Waals surface area contributed by atoms with E-state index in [2.05, 4.69) is 5.16 Å². The number of rotatable bonds is 5. The molecule has 0 spiro atoms. The van der Waals surface area contributed by atoms with Crippen LogP contribution in [0.5, 0.6) is 5.75 Å².